The molecule has 1 aliphatic rings. The molecular formula is C16H23N5. The lowest BCUT2D eigenvalue weighted by atomic mass is 10.1. The molecule has 1 saturated heterocycles. The average molecular weight is 285 g/mol. The molecule has 0 amide bonds. The van der Waals surface area contributed by atoms with Crippen LogP contribution in [0.25, 0.3) is 5.69 Å². The highest BCUT2D eigenvalue weighted by Crippen LogP contribution is 2.25. The Kier molecular flexibility index (Phi) is 3.57. The third-order valence-electron chi connectivity index (χ3n) is 4.11. The van der Waals surface area contributed by atoms with Gasteiger partial charge in [-0.05, 0) is 51.2 Å². The molecule has 0 atom stereocenters. The van der Waals surface area contributed by atoms with Crippen LogP contribution in [-0.2, 0) is 0 Å². The number of hydrogen-bond donors (Lipinski definition) is 1. The summed E-state index contributed by atoms with van der Waals surface area (Å²) < 4.78 is 1.79. The Morgan fingerprint density at radius 3 is 2.24 bits per heavy atom. The molecular weight excluding hydrogens is 262 g/mol. The Labute approximate surface area is 125 Å². The summed E-state index contributed by atoms with van der Waals surface area (Å²) in [4.78, 5) is 6.70. The monoisotopic (exact) mass is 285 g/mol. The Morgan fingerprint density at radius 2 is 1.62 bits per heavy atom. The molecule has 2 aromatic rings. The number of rotatable bonds is 2. The van der Waals surface area contributed by atoms with Gasteiger partial charge >= 0.3 is 0 Å². The van der Waals surface area contributed by atoms with Gasteiger partial charge in [0.2, 0.25) is 11.9 Å². The van der Waals surface area contributed by atoms with Crippen molar-refractivity contribution >= 4 is 11.9 Å². The molecule has 5 nitrogen and oxygen atoms in total. The van der Waals surface area contributed by atoms with Gasteiger partial charge in [-0.15, -0.1) is 5.10 Å². The summed E-state index contributed by atoms with van der Waals surface area (Å²) in [6, 6.07) is 4.31. The number of piperidine rings is 1. The fourth-order valence-electron chi connectivity index (χ4n) is 3.21. The normalized spacial score (nSPS) is 15.5. The number of aryl methyl sites for hydroxylation is 3. The Hall–Kier alpha value is -2.04. The first kappa shape index (κ1) is 13.9. The van der Waals surface area contributed by atoms with Crippen molar-refractivity contribution in [3.63, 3.8) is 0 Å². The number of hydrogen-bond acceptors (Lipinski definition) is 4. The summed E-state index contributed by atoms with van der Waals surface area (Å²) >= 11 is 0. The molecule has 5 heteroatoms. The zero-order valence-electron chi connectivity index (χ0n) is 13.1. The average Bonchev–Trinajstić information content (AvgIpc) is 2.81. The first-order valence-corrected chi connectivity index (χ1v) is 7.62. The number of anilines is 2. The standard InChI is InChI=1S/C16H23N5/c1-11-9-12(2)14(13(3)10-11)21-15(17)18-16(19-21)20-7-5-4-6-8-20/h9-10H,4-8H2,1-3H3,(H2,17,18,19). The van der Waals surface area contributed by atoms with E-state index in [9.17, 15) is 0 Å². The van der Waals surface area contributed by atoms with Gasteiger partial charge in [-0.3, -0.25) is 0 Å². The van der Waals surface area contributed by atoms with Crippen LogP contribution in [0.15, 0.2) is 12.1 Å². The molecule has 1 aromatic carbocycles. The van der Waals surface area contributed by atoms with Crippen molar-refractivity contribution in [2.75, 3.05) is 23.7 Å². The predicted molar refractivity (Wildman–Crippen MR) is 86.0 cm³/mol. The maximum Gasteiger partial charge on any atom is 0.246 e. The number of nitrogens with zero attached hydrogens (tertiary/aromatic N) is 4. The van der Waals surface area contributed by atoms with Crippen LogP contribution in [0.5, 0.6) is 0 Å². The minimum absolute atomic E-state index is 0.464. The molecule has 112 valence electrons. The predicted octanol–water partition coefficient (Wildman–Crippen LogP) is 2.77. The van der Waals surface area contributed by atoms with Gasteiger partial charge in [-0.25, -0.2) is 0 Å². The molecule has 21 heavy (non-hydrogen) atoms. The molecule has 0 radical (unpaired) electrons. The highest BCUT2D eigenvalue weighted by molar-refractivity contribution is 5.53. The number of aromatic nitrogens is 3. The molecule has 1 fully saturated rings. The fourth-order valence-corrected chi connectivity index (χ4v) is 3.21. The second-order valence-electron chi connectivity index (χ2n) is 5.98. The smallest absolute Gasteiger partial charge is 0.246 e. The van der Waals surface area contributed by atoms with E-state index in [1.54, 1.807) is 4.68 Å². The number of nitrogens with two attached hydrogens (primary N) is 1. The lowest BCUT2D eigenvalue weighted by molar-refractivity contribution is 0.567. The van der Waals surface area contributed by atoms with Gasteiger partial charge in [0.05, 0.1) is 5.69 Å². The van der Waals surface area contributed by atoms with Gasteiger partial charge in [0.25, 0.3) is 0 Å². The van der Waals surface area contributed by atoms with Crippen LogP contribution in [0.2, 0.25) is 0 Å². The van der Waals surface area contributed by atoms with Gasteiger partial charge in [-0.1, -0.05) is 17.7 Å². The lowest BCUT2D eigenvalue weighted by Gasteiger charge is -2.24. The molecule has 1 aliphatic heterocycles. The van der Waals surface area contributed by atoms with Gasteiger partial charge in [0.1, 0.15) is 0 Å². The van der Waals surface area contributed by atoms with Crippen molar-refractivity contribution in [3.8, 4) is 5.69 Å². The second kappa shape index (κ2) is 5.39. The van der Waals surface area contributed by atoms with Crippen LogP contribution >= 0.6 is 0 Å². The first-order chi connectivity index (χ1) is 10.1. The van der Waals surface area contributed by atoms with Crippen molar-refractivity contribution in [3.05, 3.63) is 28.8 Å². The summed E-state index contributed by atoms with van der Waals surface area (Å²) in [5.41, 5.74) is 10.8. The van der Waals surface area contributed by atoms with E-state index in [0.29, 0.717) is 5.95 Å². The second-order valence-corrected chi connectivity index (χ2v) is 5.98. The van der Waals surface area contributed by atoms with Crippen molar-refractivity contribution in [2.24, 2.45) is 0 Å². The van der Waals surface area contributed by atoms with Crippen molar-refractivity contribution in [2.45, 2.75) is 40.0 Å². The molecule has 0 unspecified atom stereocenters. The van der Waals surface area contributed by atoms with Crippen LogP contribution in [0.4, 0.5) is 11.9 Å². The molecule has 2 heterocycles. The van der Waals surface area contributed by atoms with E-state index < -0.39 is 0 Å². The Balaban J connectivity index is 2.02. The fraction of sp³-hybridized carbons (Fsp3) is 0.500. The van der Waals surface area contributed by atoms with E-state index in [1.807, 2.05) is 0 Å². The third kappa shape index (κ3) is 2.60. The first-order valence-electron chi connectivity index (χ1n) is 7.62. The summed E-state index contributed by atoms with van der Waals surface area (Å²) in [5, 5.41) is 4.66. The van der Waals surface area contributed by atoms with E-state index in [4.69, 9.17) is 5.73 Å². The van der Waals surface area contributed by atoms with Crippen molar-refractivity contribution < 1.29 is 0 Å². The zero-order chi connectivity index (χ0) is 15.0. The maximum atomic E-state index is 6.12. The molecule has 1 aromatic heterocycles. The van der Waals surface area contributed by atoms with Gasteiger partial charge < -0.3 is 10.6 Å². The summed E-state index contributed by atoms with van der Waals surface area (Å²) in [6.45, 7) is 8.34. The summed E-state index contributed by atoms with van der Waals surface area (Å²) in [5.74, 6) is 1.22. The molecule has 3 rings (SSSR count). The number of benzene rings is 1. The summed E-state index contributed by atoms with van der Waals surface area (Å²) in [6.07, 6.45) is 3.71. The van der Waals surface area contributed by atoms with Crippen molar-refractivity contribution in [1.29, 1.82) is 0 Å². The topological polar surface area (TPSA) is 60.0 Å². The SMILES string of the molecule is Cc1cc(C)c(-n2nc(N3CCCCC3)nc2N)c(C)c1. The highest BCUT2D eigenvalue weighted by atomic mass is 15.5. The lowest BCUT2D eigenvalue weighted by Crippen LogP contribution is -2.30. The third-order valence-corrected chi connectivity index (χ3v) is 4.11. The van der Waals surface area contributed by atoms with E-state index in [-0.39, 0.29) is 0 Å². The van der Waals surface area contributed by atoms with Gasteiger partial charge in [0, 0.05) is 13.1 Å². The van der Waals surface area contributed by atoms with Crippen LogP contribution in [0.1, 0.15) is 36.0 Å². The highest BCUT2D eigenvalue weighted by Gasteiger charge is 2.19. The van der Waals surface area contributed by atoms with E-state index >= 15 is 0 Å². The van der Waals surface area contributed by atoms with Gasteiger partial charge in [0.15, 0.2) is 0 Å². The minimum Gasteiger partial charge on any atom is -0.368 e. The van der Waals surface area contributed by atoms with Crippen LogP contribution in [0, 0.1) is 20.8 Å². The quantitative estimate of drug-likeness (QED) is 0.921. The Bertz CT molecular complexity index is 630. The van der Waals surface area contributed by atoms with Crippen molar-refractivity contribution in [1.82, 2.24) is 14.8 Å². The molecule has 0 aliphatic carbocycles. The number of nitrogen functional groups attached to an aromatic ring is 1. The molecule has 0 bridgehead atoms. The Morgan fingerprint density at radius 1 is 1.00 bits per heavy atom. The zero-order valence-corrected chi connectivity index (χ0v) is 13.1. The van der Waals surface area contributed by atoms with E-state index in [1.165, 1.54) is 36.0 Å². The van der Waals surface area contributed by atoms with Gasteiger partial charge in [-0.2, -0.15) is 9.67 Å². The molecule has 2 N–H and O–H groups in total. The summed E-state index contributed by atoms with van der Waals surface area (Å²) in [7, 11) is 0. The van der Waals surface area contributed by atoms with Crippen LogP contribution < -0.4 is 10.6 Å². The largest absolute Gasteiger partial charge is 0.368 e. The van der Waals surface area contributed by atoms with E-state index in [2.05, 4.69) is 47.9 Å². The van der Waals surface area contributed by atoms with Crippen LogP contribution in [0.3, 0.4) is 0 Å². The minimum atomic E-state index is 0.464. The maximum absolute atomic E-state index is 6.12. The van der Waals surface area contributed by atoms with Crippen LogP contribution in [-0.4, -0.2) is 27.9 Å². The van der Waals surface area contributed by atoms with E-state index in [0.717, 1.165) is 24.7 Å². The molecule has 0 saturated carbocycles. The molecule has 0 spiro atoms.